The summed E-state index contributed by atoms with van der Waals surface area (Å²) < 4.78 is 2.38. The van der Waals surface area contributed by atoms with Crippen LogP contribution in [0.4, 0.5) is 0 Å². The quantitative estimate of drug-likeness (QED) is 0.734. The van der Waals surface area contributed by atoms with E-state index in [2.05, 4.69) is 74.7 Å². The lowest BCUT2D eigenvalue weighted by Gasteiger charge is -2.34. The smallest absolute Gasteiger partial charge is 0.116 e. The molecule has 118 valence electrons. The van der Waals surface area contributed by atoms with Gasteiger partial charge in [0.2, 0.25) is 0 Å². The minimum atomic E-state index is 0.239. The molecular weight excluding hydrogens is 370 g/mol. The Morgan fingerprint density at radius 3 is 2.52 bits per heavy atom. The van der Waals surface area contributed by atoms with Gasteiger partial charge < -0.3 is 5.32 Å². The first-order valence-corrected chi connectivity index (χ1v) is 9.48. The molecule has 1 N–H and O–H groups in total. The molecular formula is C18H18BrN3S. The van der Waals surface area contributed by atoms with Gasteiger partial charge in [-0.3, -0.25) is 4.90 Å². The lowest BCUT2D eigenvalue weighted by Crippen LogP contribution is -2.45. The lowest BCUT2D eigenvalue weighted by molar-refractivity contribution is 0.198. The number of halogens is 1. The molecule has 1 atom stereocenters. The number of fused-ring (bicyclic) bond motifs is 1. The highest BCUT2D eigenvalue weighted by molar-refractivity contribution is 9.10. The van der Waals surface area contributed by atoms with Crippen molar-refractivity contribution in [3.05, 3.63) is 63.6 Å². The van der Waals surface area contributed by atoms with E-state index in [0.29, 0.717) is 0 Å². The largest absolute Gasteiger partial charge is 0.314 e. The molecule has 1 aliphatic heterocycles. The second kappa shape index (κ2) is 6.69. The van der Waals surface area contributed by atoms with Gasteiger partial charge in [-0.25, -0.2) is 4.98 Å². The fourth-order valence-corrected chi connectivity index (χ4v) is 4.50. The summed E-state index contributed by atoms with van der Waals surface area (Å²) in [5, 5.41) is 4.63. The van der Waals surface area contributed by atoms with Crippen LogP contribution in [-0.2, 0) is 0 Å². The Bertz CT molecular complexity index is 760. The molecule has 0 bridgehead atoms. The molecule has 5 heteroatoms. The predicted octanol–water partition coefficient (Wildman–Crippen LogP) is 4.05. The monoisotopic (exact) mass is 387 g/mol. The number of nitrogens with zero attached hydrogens (tertiary/aromatic N) is 2. The Hall–Kier alpha value is -1.27. The summed E-state index contributed by atoms with van der Waals surface area (Å²) >= 11 is 5.35. The molecule has 0 saturated carbocycles. The molecule has 3 nitrogen and oxygen atoms in total. The molecule has 2 aromatic carbocycles. The molecule has 1 aliphatic rings. The zero-order chi connectivity index (χ0) is 15.6. The summed E-state index contributed by atoms with van der Waals surface area (Å²) in [5.74, 6) is 0. The van der Waals surface area contributed by atoms with E-state index in [4.69, 9.17) is 4.98 Å². The van der Waals surface area contributed by atoms with Crippen molar-refractivity contribution < 1.29 is 0 Å². The Balaban J connectivity index is 1.78. The average Bonchev–Trinajstić information content (AvgIpc) is 3.01. The minimum absolute atomic E-state index is 0.239. The maximum Gasteiger partial charge on any atom is 0.116 e. The summed E-state index contributed by atoms with van der Waals surface area (Å²) in [6.45, 7) is 4.18. The predicted molar refractivity (Wildman–Crippen MR) is 100 cm³/mol. The number of hydrogen-bond acceptors (Lipinski definition) is 4. The summed E-state index contributed by atoms with van der Waals surface area (Å²) in [6.07, 6.45) is 0. The average molecular weight is 388 g/mol. The van der Waals surface area contributed by atoms with E-state index in [1.54, 1.807) is 0 Å². The van der Waals surface area contributed by atoms with E-state index in [0.717, 1.165) is 36.2 Å². The molecule has 0 spiro atoms. The second-order valence-corrected chi connectivity index (χ2v) is 7.74. The lowest BCUT2D eigenvalue weighted by atomic mass is 10.1. The van der Waals surface area contributed by atoms with Crippen LogP contribution in [0.3, 0.4) is 0 Å². The maximum absolute atomic E-state index is 4.93. The molecule has 1 fully saturated rings. The first-order chi connectivity index (χ1) is 11.3. The van der Waals surface area contributed by atoms with Crippen LogP contribution in [0.15, 0.2) is 53.0 Å². The van der Waals surface area contributed by atoms with Gasteiger partial charge in [0, 0.05) is 30.7 Å². The Morgan fingerprint density at radius 2 is 1.78 bits per heavy atom. The molecule has 0 aliphatic carbocycles. The van der Waals surface area contributed by atoms with Gasteiger partial charge in [-0.15, -0.1) is 11.3 Å². The van der Waals surface area contributed by atoms with Crippen molar-refractivity contribution in [2.24, 2.45) is 0 Å². The van der Waals surface area contributed by atoms with Gasteiger partial charge in [0.15, 0.2) is 0 Å². The Morgan fingerprint density at radius 1 is 1.04 bits per heavy atom. The van der Waals surface area contributed by atoms with E-state index in [1.807, 2.05) is 11.3 Å². The first kappa shape index (κ1) is 15.3. The Labute approximate surface area is 148 Å². The number of para-hydroxylation sites is 1. The molecule has 0 amide bonds. The molecule has 1 saturated heterocycles. The summed E-state index contributed by atoms with van der Waals surface area (Å²) in [7, 11) is 0. The number of thiazole rings is 1. The van der Waals surface area contributed by atoms with Gasteiger partial charge in [0.05, 0.1) is 16.3 Å². The fraction of sp³-hybridized carbons (Fsp3) is 0.278. The first-order valence-electron chi connectivity index (χ1n) is 7.87. The van der Waals surface area contributed by atoms with Crippen LogP contribution in [-0.4, -0.2) is 36.1 Å². The number of aromatic nitrogens is 1. The van der Waals surface area contributed by atoms with E-state index < -0.39 is 0 Å². The van der Waals surface area contributed by atoms with Gasteiger partial charge in [0.1, 0.15) is 5.01 Å². The van der Waals surface area contributed by atoms with Gasteiger partial charge in [-0.1, -0.05) is 40.2 Å². The molecule has 1 unspecified atom stereocenters. The number of rotatable bonds is 3. The highest BCUT2D eigenvalue weighted by Gasteiger charge is 2.26. The highest BCUT2D eigenvalue weighted by atomic mass is 79.9. The van der Waals surface area contributed by atoms with Crippen molar-refractivity contribution in [1.82, 2.24) is 15.2 Å². The van der Waals surface area contributed by atoms with E-state index >= 15 is 0 Å². The van der Waals surface area contributed by atoms with E-state index in [9.17, 15) is 0 Å². The molecule has 3 aromatic rings. The van der Waals surface area contributed by atoms with Crippen LogP contribution < -0.4 is 5.32 Å². The van der Waals surface area contributed by atoms with E-state index in [1.165, 1.54) is 15.3 Å². The van der Waals surface area contributed by atoms with Crippen molar-refractivity contribution in [2.75, 3.05) is 26.2 Å². The molecule has 1 aromatic heterocycles. The summed E-state index contributed by atoms with van der Waals surface area (Å²) in [4.78, 5) is 7.47. The van der Waals surface area contributed by atoms with Crippen molar-refractivity contribution in [1.29, 1.82) is 0 Å². The van der Waals surface area contributed by atoms with E-state index in [-0.39, 0.29) is 6.04 Å². The third-order valence-corrected chi connectivity index (χ3v) is 5.86. The zero-order valence-corrected chi connectivity index (χ0v) is 15.1. The third kappa shape index (κ3) is 3.19. The van der Waals surface area contributed by atoms with Crippen LogP contribution in [0.25, 0.3) is 10.2 Å². The molecule has 23 heavy (non-hydrogen) atoms. The van der Waals surface area contributed by atoms with Crippen LogP contribution in [0.5, 0.6) is 0 Å². The van der Waals surface area contributed by atoms with Crippen molar-refractivity contribution >= 4 is 37.5 Å². The molecule has 2 heterocycles. The van der Waals surface area contributed by atoms with Crippen LogP contribution in [0.1, 0.15) is 16.6 Å². The SMILES string of the molecule is Brc1ccc(C(c2nc3ccccc3s2)N2CCNCC2)cc1. The fourth-order valence-electron chi connectivity index (χ4n) is 3.10. The molecule has 0 radical (unpaired) electrons. The van der Waals surface area contributed by atoms with Crippen LogP contribution in [0, 0.1) is 0 Å². The third-order valence-electron chi connectivity index (χ3n) is 4.25. The minimum Gasteiger partial charge on any atom is -0.314 e. The van der Waals surface area contributed by atoms with Gasteiger partial charge in [-0.05, 0) is 29.8 Å². The Kier molecular flexibility index (Phi) is 4.44. The topological polar surface area (TPSA) is 28.2 Å². The normalized spacial score (nSPS) is 17.4. The van der Waals surface area contributed by atoms with Gasteiger partial charge in [-0.2, -0.15) is 0 Å². The number of nitrogens with one attached hydrogen (secondary N) is 1. The highest BCUT2D eigenvalue weighted by Crippen LogP contribution is 2.34. The standard InChI is InChI=1S/C18H18BrN3S/c19-14-7-5-13(6-8-14)17(22-11-9-20-10-12-22)18-21-15-3-1-2-4-16(15)23-18/h1-8,17,20H,9-12H2. The van der Waals surface area contributed by atoms with Crippen molar-refractivity contribution in [2.45, 2.75) is 6.04 Å². The van der Waals surface area contributed by atoms with Gasteiger partial charge >= 0.3 is 0 Å². The number of hydrogen-bond donors (Lipinski definition) is 1. The number of piperazine rings is 1. The van der Waals surface area contributed by atoms with Crippen LogP contribution in [0.2, 0.25) is 0 Å². The zero-order valence-electron chi connectivity index (χ0n) is 12.7. The summed E-state index contributed by atoms with van der Waals surface area (Å²) in [5.41, 5.74) is 2.42. The molecule has 4 rings (SSSR count). The van der Waals surface area contributed by atoms with Crippen molar-refractivity contribution in [3.63, 3.8) is 0 Å². The van der Waals surface area contributed by atoms with Crippen LogP contribution >= 0.6 is 27.3 Å². The number of benzene rings is 2. The van der Waals surface area contributed by atoms with Crippen molar-refractivity contribution in [3.8, 4) is 0 Å². The van der Waals surface area contributed by atoms with Gasteiger partial charge in [0.25, 0.3) is 0 Å². The summed E-state index contributed by atoms with van der Waals surface area (Å²) in [6, 6.07) is 17.3. The maximum atomic E-state index is 4.93. The second-order valence-electron chi connectivity index (χ2n) is 5.76.